The van der Waals surface area contributed by atoms with Gasteiger partial charge in [-0.15, -0.1) is 0 Å². The Balaban J connectivity index is 3.01. The van der Waals surface area contributed by atoms with Gasteiger partial charge in [-0.1, -0.05) is 0 Å². The van der Waals surface area contributed by atoms with Crippen molar-refractivity contribution in [3.8, 4) is 0 Å². The van der Waals surface area contributed by atoms with Gasteiger partial charge in [0.05, 0.1) is 6.42 Å². The molecule has 0 N–H and O–H groups in total. The van der Waals surface area contributed by atoms with Crippen molar-refractivity contribution < 1.29 is 42.9 Å². The zero-order chi connectivity index (χ0) is 20.4. The van der Waals surface area contributed by atoms with Gasteiger partial charge in [-0.25, -0.2) is 9.59 Å². The van der Waals surface area contributed by atoms with Crippen LogP contribution in [0.3, 0.4) is 0 Å². The van der Waals surface area contributed by atoms with Crippen LogP contribution in [0.2, 0.25) is 0 Å². The zero-order valence-electron chi connectivity index (χ0n) is 15.7. The van der Waals surface area contributed by atoms with Crippen LogP contribution >= 0.6 is 0 Å². The lowest BCUT2D eigenvalue weighted by Gasteiger charge is -2.21. The summed E-state index contributed by atoms with van der Waals surface area (Å²) in [4.78, 5) is 47.4. The summed E-state index contributed by atoms with van der Waals surface area (Å²) in [5, 5.41) is 0. The maximum absolute atomic E-state index is 11.9. The monoisotopic (exact) mass is 384 g/mol. The highest BCUT2D eigenvalue weighted by atomic mass is 16.7. The lowest BCUT2D eigenvalue weighted by Crippen LogP contribution is -2.31. The third-order valence-corrected chi connectivity index (χ3v) is 3.43. The minimum absolute atomic E-state index is 0.0972. The Morgan fingerprint density at radius 3 is 2.30 bits per heavy atom. The summed E-state index contributed by atoms with van der Waals surface area (Å²) < 4.78 is 25.4. The van der Waals surface area contributed by atoms with Gasteiger partial charge in [-0.3, -0.25) is 9.59 Å². The molecule has 4 atom stereocenters. The molecule has 9 heteroatoms. The van der Waals surface area contributed by atoms with Crippen LogP contribution in [0.1, 0.15) is 27.2 Å². The van der Waals surface area contributed by atoms with Gasteiger partial charge in [-0.05, 0) is 32.9 Å². The molecule has 9 nitrogen and oxygen atoms in total. The molecular weight excluding hydrogens is 360 g/mol. The van der Waals surface area contributed by atoms with Gasteiger partial charge in [0.1, 0.15) is 25.1 Å². The van der Waals surface area contributed by atoms with Gasteiger partial charge in [0.2, 0.25) is 0 Å². The second kappa shape index (κ2) is 11.2. The summed E-state index contributed by atoms with van der Waals surface area (Å²) in [5.74, 6) is -2.80. The standard InChI is InChI=1S/C18H24O9/c1-11-9-18(22)26-12(2)14(19)5-7-17(21)27-13(3)15(24-10-23-4)6-8-16(20)25-11/h5-8,11-13,15H,9-10H2,1-4H3/b7-5-,8-6-/t11-,12-,13-,15?/m0/s1. The maximum Gasteiger partial charge on any atom is 0.331 e. The molecule has 1 aliphatic rings. The number of cyclic esters (lactones) is 3. The molecule has 0 amide bonds. The highest BCUT2D eigenvalue weighted by Crippen LogP contribution is 2.10. The first kappa shape index (κ1) is 22.5. The van der Waals surface area contributed by atoms with Crippen molar-refractivity contribution in [2.24, 2.45) is 0 Å². The lowest BCUT2D eigenvalue weighted by atomic mass is 10.2. The minimum Gasteiger partial charge on any atom is -0.459 e. The molecule has 0 saturated heterocycles. The van der Waals surface area contributed by atoms with Gasteiger partial charge in [0.15, 0.2) is 11.9 Å². The molecule has 0 radical (unpaired) electrons. The fraction of sp³-hybridized carbons (Fsp3) is 0.556. The van der Waals surface area contributed by atoms with Gasteiger partial charge >= 0.3 is 17.9 Å². The Morgan fingerprint density at radius 1 is 0.963 bits per heavy atom. The number of esters is 3. The van der Waals surface area contributed by atoms with E-state index in [2.05, 4.69) is 0 Å². The van der Waals surface area contributed by atoms with Gasteiger partial charge in [0.25, 0.3) is 0 Å². The van der Waals surface area contributed by atoms with Crippen LogP contribution < -0.4 is 0 Å². The van der Waals surface area contributed by atoms with E-state index in [4.69, 9.17) is 23.7 Å². The summed E-state index contributed by atoms with van der Waals surface area (Å²) in [6.45, 7) is 4.35. The van der Waals surface area contributed by atoms with E-state index in [-0.39, 0.29) is 13.2 Å². The number of ketones is 1. The molecule has 0 bridgehead atoms. The number of ether oxygens (including phenoxy) is 5. The first-order chi connectivity index (χ1) is 12.7. The van der Waals surface area contributed by atoms with Crippen LogP contribution in [0.5, 0.6) is 0 Å². The van der Waals surface area contributed by atoms with Gasteiger partial charge in [-0.2, -0.15) is 0 Å². The van der Waals surface area contributed by atoms with Crippen molar-refractivity contribution >= 4 is 23.7 Å². The van der Waals surface area contributed by atoms with E-state index in [0.717, 1.165) is 18.2 Å². The molecule has 1 heterocycles. The van der Waals surface area contributed by atoms with Crippen LogP contribution in [-0.2, 0) is 42.9 Å². The fourth-order valence-electron chi connectivity index (χ4n) is 2.06. The van der Waals surface area contributed by atoms with Crippen molar-refractivity contribution in [2.75, 3.05) is 13.9 Å². The van der Waals surface area contributed by atoms with E-state index in [1.54, 1.807) is 6.92 Å². The van der Waals surface area contributed by atoms with E-state index in [1.807, 2.05) is 0 Å². The van der Waals surface area contributed by atoms with Gasteiger partial charge < -0.3 is 23.7 Å². The number of carbonyl (C=O) groups excluding carboxylic acids is 4. The van der Waals surface area contributed by atoms with Crippen molar-refractivity contribution in [3.05, 3.63) is 24.3 Å². The third-order valence-electron chi connectivity index (χ3n) is 3.43. The second-order valence-electron chi connectivity index (χ2n) is 5.86. The topological polar surface area (TPSA) is 114 Å². The molecule has 0 aromatic heterocycles. The van der Waals surface area contributed by atoms with Crippen LogP contribution in [0.25, 0.3) is 0 Å². The molecule has 0 aliphatic carbocycles. The summed E-state index contributed by atoms with van der Waals surface area (Å²) in [6.07, 6.45) is 0.735. The van der Waals surface area contributed by atoms with Crippen LogP contribution in [-0.4, -0.2) is 62.0 Å². The van der Waals surface area contributed by atoms with Crippen molar-refractivity contribution in [1.29, 1.82) is 0 Å². The fourth-order valence-corrected chi connectivity index (χ4v) is 2.06. The molecule has 0 saturated carbocycles. The summed E-state index contributed by atoms with van der Waals surface area (Å²) in [6, 6.07) is 0. The molecule has 1 aliphatic heterocycles. The predicted molar refractivity (Wildman–Crippen MR) is 91.3 cm³/mol. The van der Waals surface area contributed by atoms with Crippen LogP contribution in [0.15, 0.2) is 24.3 Å². The second-order valence-corrected chi connectivity index (χ2v) is 5.86. The maximum atomic E-state index is 11.9. The third kappa shape index (κ3) is 8.61. The normalized spacial score (nSPS) is 30.8. The summed E-state index contributed by atoms with van der Waals surface area (Å²) in [5.41, 5.74) is 0. The average Bonchev–Trinajstić information content (AvgIpc) is 2.58. The summed E-state index contributed by atoms with van der Waals surface area (Å²) in [7, 11) is 1.42. The predicted octanol–water partition coefficient (Wildman–Crippen LogP) is 0.856. The molecule has 0 fully saturated rings. The molecule has 1 rings (SSSR count). The van der Waals surface area contributed by atoms with E-state index in [0.29, 0.717) is 0 Å². The number of hydrogen-bond acceptors (Lipinski definition) is 9. The Bertz CT molecular complexity index is 608. The van der Waals surface area contributed by atoms with Crippen LogP contribution in [0.4, 0.5) is 0 Å². The Labute approximate surface area is 157 Å². The van der Waals surface area contributed by atoms with Crippen molar-refractivity contribution in [1.82, 2.24) is 0 Å². The number of rotatable bonds is 3. The Morgan fingerprint density at radius 2 is 1.63 bits per heavy atom. The molecular formula is C18H24O9. The number of hydrogen-bond donors (Lipinski definition) is 0. The van der Waals surface area contributed by atoms with Crippen LogP contribution in [0, 0.1) is 0 Å². The number of methoxy groups -OCH3 is 1. The summed E-state index contributed by atoms with van der Waals surface area (Å²) >= 11 is 0. The zero-order valence-corrected chi connectivity index (χ0v) is 15.7. The molecule has 0 aromatic carbocycles. The molecule has 150 valence electrons. The first-order valence-electron chi connectivity index (χ1n) is 8.34. The smallest absolute Gasteiger partial charge is 0.331 e. The Hall–Kier alpha value is -2.52. The van der Waals surface area contributed by atoms with Crippen molar-refractivity contribution in [2.45, 2.75) is 51.6 Å². The van der Waals surface area contributed by atoms with Gasteiger partial charge in [0, 0.05) is 19.3 Å². The average molecular weight is 384 g/mol. The largest absolute Gasteiger partial charge is 0.459 e. The molecule has 27 heavy (non-hydrogen) atoms. The first-order valence-corrected chi connectivity index (χ1v) is 8.34. The van der Waals surface area contributed by atoms with E-state index in [1.165, 1.54) is 27.0 Å². The minimum atomic E-state index is -1.09. The highest BCUT2D eigenvalue weighted by molar-refractivity contribution is 5.99. The SMILES string of the molecule is COCOC1/C=C\C(=O)O[C@@H](C)CC(=O)O[C@@H](C)C(=O)/C=C\C(=O)O[C@H]1C. The number of carbonyl (C=O) groups is 4. The van der Waals surface area contributed by atoms with Crippen molar-refractivity contribution in [3.63, 3.8) is 0 Å². The quantitative estimate of drug-likeness (QED) is 0.397. The molecule has 0 aromatic rings. The molecule has 0 spiro atoms. The Kier molecular flexibility index (Phi) is 9.38. The van der Waals surface area contributed by atoms with E-state index < -0.39 is 48.1 Å². The lowest BCUT2D eigenvalue weighted by molar-refractivity contribution is -0.157. The molecule has 1 unspecified atom stereocenters. The highest BCUT2D eigenvalue weighted by Gasteiger charge is 2.22. The van der Waals surface area contributed by atoms with E-state index in [9.17, 15) is 19.2 Å². The van der Waals surface area contributed by atoms with E-state index >= 15 is 0 Å².